The van der Waals surface area contributed by atoms with Gasteiger partial charge in [0.05, 0.1) is 18.8 Å². The van der Waals surface area contributed by atoms with E-state index in [2.05, 4.69) is 28.6 Å². The second-order valence-electron chi connectivity index (χ2n) is 4.69. The Morgan fingerprint density at radius 1 is 1.22 bits per heavy atom. The Morgan fingerprint density at radius 2 is 1.96 bits per heavy atom. The third-order valence-electron chi connectivity index (χ3n) is 3.13. The molecule has 0 N–H and O–H groups in total. The molecule has 0 aliphatic rings. The van der Waals surface area contributed by atoms with Crippen molar-refractivity contribution in [2.75, 3.05) is 13.7 Å². The fourth-order valence-electron chi connectivity index (χ4n) is 2.02. The van der Waals surface area contributed by atoms with Gasteiger partial charge in [-0.25, -0.2) is 0 Å². The Labute approximate surface area is 144 Å². The van der Waals surface area contributed by atoms with E-state index in [9.17, 15) is 5.26 Å². The van der Waals surface area contributed by atoms with Gasteiger partial charge >= 0.3 is 0 Å². The minimum Gasteiger partial charge on any atom is -0.493 e. The van der Waals surface area contributed by atoms with E-state index in [1.807, 2.05) is 48.5 Å². The van der Waals surface area contributed by atoms with E-state index < -0.39 is 0 Å². The first-order chi connectivity index (χ1) is 11.2. The second kappa shape index (κ2) is 8.21. The predicted octanol–water partition coefficient (Wildman–Crippen LogP) is 5.09. The van der Waals surface area contributed by atoms with Gasteiger partial charge in [-0.2, -0.15) is 5.26 Å². The van der Waals surface area contributed by atoms with Gasteiger partial charge in [0.25, 0.3) is 0 Å². The molecule has 0 aliphatic heterocycles. The second-order valence-corrected chi connectivity index (χ2v) is 5.60. The minimum absolute atomic E-state index is 0.411. The SMILES string of the molecule is C=CCOc1ccc(/C=C(\C#N)c2ccc(Br)cc2)cc1OC. The van der Waals surface area contributed by atoms with Gasteiger partial charge in [-0.15, -0.1) is 0 Å². The van der Waals surface area contributed by atoms with E-state index in [4.69, 9.17) is 9.47 Å². The van der Waals surface area contributed by atoms with Crippen molar-refractivity contribution in [2.45, 2.75) is 0 Å². The topological polar surface area (TPSA) is 42.2 Å². The highest BCUT2D eigenvalue weighted by Crippen LogP contribution is 2.30. The van der Waals surface area contributed by atoms with Crippen LogP contribution in [-0.2, 0) is 0 Å². The maximum atomic E-state index is 9.41. The van der Waals surface area contributed by atoms with Crippen molar-refractivity contribution in [1.29, 1.82) is 5.26 Å². The summed E-state index contributed by atoms with van der Waals surface area (Å²) in [6, 6.07) is 15.4. The maximum absolute atomic E-state index is 9.41. The quantitative estimate of drug-likeness (QED) is 0.404. The molecule has 0 aromatic heterocycles. The average molecular weight is 370 g/mol. The Morgan fingerprint density at radius 3 is 2.57 bits per heavy atom. The normalized spacial score (nSPS) is 10.7. The Bertz CT molecular complexity index is 758. The van der Waals surface area contributed by atoms with Crippen LogP contribution < -0.4 is 9.47 Å². The van der Waals surface area contributed by atoms with E-state index >= 15 is 0 Å². The van der Waals surface area contributed by atoms with Gasteiger partial charge < -0.3 is 9.47 Å². The van der Waals surface area contributed by atoms with Gasteiger partial charge in [0, 0.05) is 4.47 Å². The van der Waals surface area contributed by atoms with Gasteiger partial charge in [-0.3, -0.25) is 0 Å². The summed E-state index contributed by atoms with van der Waals surface area (Å²) in [6.07, 6.45) is 3.50. The van der Waals surface area contributed by atoms with Crippen LogP contribution >= 0.6 is 15.9 Å². The lowest BCUT2D eigenvalue weighted by Gasteiger charge is -2.10. The van der Waals surface area contributed by atoms with E-state index in [-0.39, 0.29) is 0 Å². The maximum Gasteiger partial charge on any atom is 0.161 e. The number of ether oxygens (including phenoxy) is 2. The lowest BCUT2D eigenvalue weighted by Crippen LogP contribution is -1.96. The molecule has 0 saturated carbocycles. The number of methoxy groups -OCH3 is 1. The number of allylic oxidation sites excluding steroid dienone is 1. The molecule has 116 valence electrons. The van der Waals surface area contributed by atoms with Crippen molar-refractivity contribution < 1.29 is 9.47 Å². The van der Waals surface area contributed by atoms with E-state index in [0.717, 1.165) is 15.6 Å². The van der Waals surface area contributed by atoms with Crippen molar-refractivity contribution in [3.63, 3.8) is 0 Å². The van der Waals surface area contributed by atoms with Crippen molar-refractivity contribution in [3.05, 3.63) is 70.7 Å². The number of rotatable bonds is 6. The lowest BCUT2D eigenvalue weighted by atomic mass is 10.0. The largest absolute Gasteiger partial charge is 0.493 e. The fourth-order valence-corrected chi connectivity index (χ4v) is 2.28. The fraction of sp³-hybridized carbons (Fsp3) is 0.105. The molecule has 2 aromatic carbocycles. The van der Waals surface area contributed by atoms with Crippen LogP contribution in [0.1, 0.15) is 11.1 Å². The van der Waals surface area contributed by atoms with E-state index in [1.54, 1.807) is 13.2 Å². The molecule has 0 amide bonds. The molecular formula is C19H16BrNO2. The molecule has 0 aliphatic carbocycles. The zero-order valence-corrected chi connectivity index (χ0v) is 14.3. The summed E-state index contributed by atoms with van der Waals surface area (Å²) < 4.78 is 11.8. The summed E-state index contributed by atoms with van der Waals surface area (Å²) in [6.45, 7) is 4.03. The highest BCUT2D eigenvalue weighted by atomic mass is 79.9. The molecule has 4 heteroatoms. The molecule has 2 aromatic rings. The highest BCUT2D eigenvalue weighted by Gasteiger charge is 2.06. The Kier molecular flexibility index (Phi) is 6.02. The number of nitrogens with zero attached hydrogens (tertiary/aromatic N) is 1. The molecule has 0 atom stereocenters. The van der Waals surface area contributed by atoms with Gasteiger partial charge in [-0.05, 0) is 41.5 Å². The van der Waals surface area contributed by atoms with E-state index in [0.29, 0.717) is 23.7 Å². The van der Waals surface area contributed by atoms with Crippen molar-refractivity contribution >= 4 is 27.6 Å². The van der Waals surface area contributed by atoms with Crippen molar-refractivity contribution in [3.8, 4) is 17.6 Å². The summed E-state index contributed by atoms with van der Waals surface area (Å²) in [7, 11) is 1.59. The highest BCUT2D eigenvalue weighted by molar-refractivity contribution is 9.10. The van der Waals surface area contributed by atoms with Crippen LogP contribution in [0.25, 0.3) is 11.6 Å². The summed E-state index contributed by atoms with van der Waals surface area (Å²) in [5.41, 5.74) is 2.31. The molecule has 3 nitrogen and oxygen atoms in total. The minimum atomic E-state index is 0.411. The number of halogens is 1. The van der Waals surface area contributed by atoms with Gasteiger partial charge in [-0.1, -0.05) is 46.8 Å². The molecule has 0 bridgehead atoms. The summed E-state index contributed by atoms with van der Waals surface area (Å²) in [5, 5.41) is 9.41. The molecule has 0 saturated heterocycles. The molecule has 23 heavy (non-hydrogen) atoms. The van der Waals surface area contributed by atoms with Crippen LogP contribution in [0.5, 0.6) is 11.5 Å². The van der Waals surface area contributed by atoms with Crippen LogP contribution in [0, 0.1) is 11.3 Å². The molecule has 0 unspecified atom stereocenters. The van der Waals surface area contributed by atoms with Crippen LogP contribution in [0.4, 0.5) is 0 Å². The first-order valence-electron chi connectivity index (χ1n) is 6.97. The summed E-state index contributed by atoms with van der Waals surface area (Å²) in [4.78, 5) is 0. The first-order valence-corrected chi connectivity index (χ1v) is 7.76. The monoisotopic (exact) mass is 369 g/mol. The summed E-state index contributed by atoms with van der Waals surface area (Å²) in [5.74, 6) is 1.26. The number of benzene rings is 2. The molecule has 0 fully saturated rings. The first kappa shape index (κ1) is 16.9. The zero-order valence-electron chi connectivity index (χ0n) is 12.8. The Hall–Kier alpha value is -2.51. The van der Waals surface area contributed by atoms with Crippen LogP contribution in [-0.4, -0.2) is 13.7 Å². The molecular weight excluding hydrogens is 354 g/mol. The van der Waals surface area contributed by atoms with Gasteiger partial charge in [0.15, 0.2) is 11.5 Å². The standard InChI is InChI=1S/C19H16BrNO2/c1-3-10-23-18-9-4-14(12-19(18)22-2)11-16(13-21)15-5-7-17(20)8-6-15/h3-9,11-12H,1,10H2,2H3/b16-11+. The van der Waals surface area contributed by atoms with Crippen molar-refractivity contribution in [2.24, 2.45) is 0 Å². The van der Waals surface area contributed by atoms with Crippen LogP contribution in [0.3, 0.4) is 0 Å². The lowest BCUT2D eigenvalue weighted by molar-refractivity contribution is 0.326. The summed E-state index contributed by atoms with van der Waals surface area (Å²) >= 11 is 3.39. The Balaban J connectivity index is 2.34. The number of hydrogen-bond donors (Lipinski definition) is 0. The van der Waals surface area contributed by atoms with Gasteiger partial charge in [0.2, 0.25) is 0 Å². The third-order valence-corrected chi connectivity index (χ3v) is 3.66. The van der Waals surface area contributed by atoms with Crippen LogP contribution in [0.15, 0.2) is 59.6 Å². The van der Waals surface area contributed by atoms with Gasteiger partial charge in [0.1, 0.15) is 6.61 Å². The molecule has 0 spiro atoms. The zero-order chi connectivity index (χ0) is 16.7. The smallest absolute Gasteiger partial charge is 0.161 e. The molecule has 0 radical (unpaired) electrons. The predicted molar refractivity (Wildman–Crippen MR) is 96.3 cm³/mol. The molecule has 2 rings (SSSR count). The van der Waals surface area contributed by atoms with Crippen molar-refractivity contribution in [1.82, 2.24) is 0 Å². The van der Waals surface area contributed by atoms with E-state index in [1.165, 1.54) is 0 Å². The average Bonchev–Trinajstić information content (AvgIpc) is 2.59. The number of nitriles is 1. The number of hydrogen-bond acceptors (Lipinski definition) is 3. The third kappa shape index (κ3) is 4.48. The van der Waals surface area contributed by atoms with Crippen LogP contribution in [0.2, 0.25) is 0 Å². The molecule has 0 heterocycles.